The van der Waals surface area contributed by atoms with E-state index in [1.807, 2.05) is 0 Å². The van der Waals surface area contributed by atoms with Crippen molar-refractivity contribution >= 4 is 29.0 Å². The zero-order chi connectivity index (χ0) is 15.8. The number of hydrogen-bond donors (Lipinski definition) is 2. The van der Waals surface area contributed by atoms with Gasteiger partial charge in [0, 0.05) is 7.05 Å². The van der Waals surface area contributed by atoms with E-state index in [0.717, 1.165) is 0 Å². The summed E-state index contributed by atoms with van der Waals surface area (Å²) in [5, 5.41) is 11.5. The topological polar surface area (TPSA) is 93.5 Å². The van der Waals surface area contributed by atoms with Gasteiger partial charge < -0.3 is 14.4 Å². The third kappa shape index (κ3) is 3.31. The average Bonchev–Trinajstić information content (AvgIpc) is 2.63. The molecule has 1 aromatic carbocycles. The molecule has 0 unspecified atom stereocenters. The van der Waals surface area contributed by atoms with E-state index in [2.05, 4.69) is 10.3 Å². The fourth-order valence-corrected chi connectivity index (χ4v) is 1.83. The number of carbonyl (C=O) groups excluding carboxylic acids is 1. The van der Waals surface area contributed by atoms with Crippen LogP contribution < -0.4 is 5.32 Å². The van der Waals surface area contributed by atoms with Crippen molar-refractivity contribution in [3.05, 3.63) is 23.8 Å². The molecule has 2 aromatic rings. The van der Waals surface area contributed by atoms with E-state index in [4.69, 9.17) is 9.84 Å². The molecule has 0 radical (unpaired) electrons. The summed E-state index contributed by atoms with van der Waals surface area (Å²) in [6.45, 7) is 5.29. The van der Waals surface area contributed by atoms with Gasteiger partial charge in [0.25, 0.3) is 0 Å². The van der Waals surface area contributed by atoms with Gasteiger partial charge in [0.05, 0.1) is 16.6 Å². The predicted octanol–water partition coefficient (Wildman–Crippen LogP) is 2.62. The molecule has 7 heteroatoms. The third-order valence-corrected chi connectivity index (χ3v) is 2.74. The molecule has 0 atom stereocenters. The number of carboxylic acid groups (broad SMARTS) is 1. The van der Waals surface area contributed by atoms with Crippen LogP contribution in [-0.2, 0) is 11.8 Å². The van der Waals surface area contributed by atoms with Crippen LogP contribution in [0, 0.1) is 0 Å². The Labute approximate surface area is 121 Å². The molecule has 0 spiro atoms. The summed E-state index contributed by atoms with van der Waals surface area (Å²) >= 11 is 0. The van der Waals surface area contributed by atoms with E-state index in [0.29, 0.717) is 17.0 Å². The fourth-order valence-electron chi connectivity index (χ4n) is 1.83. The van der Waals surface area contributed by atoms with Crippen molar-refractivity contribution in [3.8, 4) is 0 Å². The summed E-state index contributed by atoms with van der Waals surface area (Å²) < 4.78 is 6.76. The van der Waals surface area contributed by atoms with Crippen LogP contribution in [0.3, 0.4) is 0 Å². The molecule has 112 valence electrons. The fraction of sp³-hybridized carbons (Fsp3) is 0.357. The van der Waals surface area contributed by atoms with E-state index >= 15 is 0 Å². The number of anilines is 1. The summed E-state index contributed by atoms with van der Waals surface area (Å²) in [4.78, 5) is 27.0. The Morgan fingerprint density at radius 2 is 2.00 bits per heavy atom. The number of benzene rings is 1. The summed E-state index contributed by atoms with van der Waals surface area (Å²) in [6, 6.07) is 4.57. The van der Waals surface area contributed by atoms with Gasteiger partial charge in [-0.2, -0.15) is 0 Å². The molecule has 0 bridgehead atoms. The Kier molecular flexibility index (Phi) is 3.59. The van der Waals surface area contributed by atoms with Crippen LogP contribution in [0.2, 0.25) is 0 Å². The van der Waals surface area contributed by atoms with E-state index in [9.17, 15) is 9.59 Å². The number of ether oxygens (including phenoxy) is 1. The monoisotopic (exact) mass is 291 g/mol. The molecule has 2 rings (SSSR count). The Bertz CT molecular complexity index is 713. The highest BCUT2D eigenvalue weighted by Crippen LogP contribution is 2.20. The van der Waals surface area contributed by atoms with Crippen molar-refractivity contribution in [2.24, 2.45) is 7.05 Å². The molecule has 1 amide bonds. The number of nitrogens with zero attached hydrogens (tertiary/aromatic N) is 2. The number of carbonyl (C=O) groups is 2. The largest absolute Gasteiger partial charge is 0.478 e. The second-order valence-corrected chi connectivity index (χ2v) is 5.63. The Hall–Kier alpha value is -2.57. The van der Waals surface area contributed by atoms with Gasteiger partial charge in [0.1, 0.15) is 5.60 Å². The lowest BCUT2D eigenvalue weighted by molar-refractivity contribution is 0.0632. The lowest BCUT2D eigenvalue weighted by Gasteiger charge is -2.19. The minimum atomic E-state index is -1.01. The number of aromatic nitrogens is 2. The van der Waals surface area contributed by atoms with Gasteiger partial charge in [-0.15, -0.1) is 0 Å². The average molecular weight is 291 g/mol. The summed E-state index contributed by atoms with van der Waals surface area (Å²) in [5.74, 6) is -0.721. The quantitative estimate of drug-likeness (QED) is 0.887. The minimum Gasteiger partial charge on any atom is -0.478 e. The predicted molar refractivity (Wildman–Crippen MR) is 77.5 cm³/mol. The summed E-state index contributed by atoms with van der Waals surface area (Å²) in [6.07, 6.45) is -0.612. The number of amides is 1. The van der Waals surface area contributed by atoms with Gasteiger partial charge in [0.2, 0.25) is 5.95 Å². The Morgan fingerprint density at radius 3 is 2.57 bits per heavy atom. The molecule has 2 N–H and O–H groups in total. The molecular weight excluding hydrogens is 274 g/mol. The van der Waals surface area contributed by atoms with Crippen LogP contribution in [-0.4, -0.2) is 32.3 Å². The maximum Gasteiger partial charge on any atom is 0.414 e. The van der Waals surface area contributed by atoms with Crippen molar-refractivity contribution in [1.29, 1.82) is 0 Å². The molecular formula is C14H17N3O4. The number of hydrogen-bond acceptors (Lipinski definition) is 4. The highest BCUT2D eigenvalue weighted by Gasteiger charge is 2.18. The number of fused-ring (bicyclic) bond motifs is 1. The second-order valence-electron chi connectivity index (χ2n) is 5.63. The number of carboxylic acids is 1. The first-order chi connectivity index (χ1) is 9.67. The van der Waals surface area contributed by atoms with Gasteiger partial charge in [-0.1, -0.05) is 0 Å². The van der Waals surface area contributed by atoms with Crippen molar-refractivity contribution in [3.63, 3.8) is 0 Å². The van der Waals surface area contributed by atoms with Crippen LogP contribution in [0.25, 0.3) is 11.0 Å². The first-order valence-electron chi connectivity index (χ1n) is 6.37. The van der Waals surface area contributed by atoms with Gasteiger partial charge in [0.15, 0.2) is 0 Å². The maximum absolute atomic E-state index is 11.8. The van der Waals surface area contributed by atoms with Crippen LogP contribution in [0.4, 0.5) is 10.7 Å². The Balaban J connectivity index is 2.31. The number of rotatable bonds is 2. The van der Waals surface area contributed by atoms with Crippen LogP contribution in [0.1, 0.15) is 31.1 Å². The van der Waals surface area contributed by atoms with Gasteiger partial charge in [-0.05, 0) is 39.0 Å². The summed E-state index contributed by atoms with van der Waals surface area (Å²) in [5.41, 5.74) is 0.759. The Morgan fingerprint density at radius 1 is 1.33 bits per heavy atom. The molecule has 0 aliphatic heterocycles. The standard InChI is InChI=1S/C14H17N3O4/c1-14(2,3)21-13(20)16-12-15-9-6-5-8(11(18)19)7-10(9)17(12)4/h5-7H,1-4H3,(H,18,19)(H,15,16,20). The number of aryl methyl sites for hydroxylation is 1. The minimum absolute atomic E-state index is 0.161. The van der Waals surface area contributed by atoms with Crippen molar-refractivity contribution in [1.82, 2.24) is 9.55 Å². The molecule has 0 saturated heterocycles. The SMILES string of the molecule is Cn1c(NC(=O)OC(C)(C)C)nc2ccc(C(=O)O)cc21. The van der Waals surface area contributed by atoms with E-state index in [-0.39, 0.29) is 5.56 Å². The molecule has 0 aliphatic carbocycles. The third-order valence-electron chi connectivity index (χ3n) is 2.74. The maximum atomic E-state index is 11.8. The van der Waals surface area contributed by atoms with E-state index in [1.54, 1.807) is 38.5 Å². The molecule has 0 saturated carbocycles. The molecule has 7 nitrogen and oxygen atoms in total. The van der Waals surface area contributed by atoms with E-state index in [1.165, 1.54) is 12.1 Å². The van der Waals surface area contributed by atoms with Gasteiger partial charge in [-0.3, -0.25) is 5.32 Å². The van der Waals surface area contributed by atoms with E-state index < -0.39 is 17.7 Å². The lowest BCUT2D eigenvalue weighted by Crippen LogP contribution is -2.28. The van der Waals surface area contributed by atoms with Crippen LogP contribution in [0.15, 0.2) is 18.2 Å². The van der Waals surface area contributed by atoms with Crippen molar-refractivity contribution < 1.29 is 19.4 Å². The highest BCUT2D eigenvalue weighted by molar-refractivity contribution is 5.94. The van der Waals surface area contributed by atoms with Gasteiger partial charge >= 0.3 is 12.1 Å². The van der Waals surface area contributed by atoms with Crippen LogP contribution in [0.5, 0.6) is 0 Å². The number of aromatic carboxylic acids is 1. The molecule has 21 heavy (non-hydrogen) atoms. The molecule has 0 fully saturated rings. The van der Waals surface area contributed by atoms with Gasteiger partial charge in [-0.25, -0.2) is 14.6 Å². The lowest BCUT2D eigenvalue weighted by atomic mass is 10.2. The second kappa shape index (κ2) is 5.08. The first kappa shape index (κ1) is 14.8. The smallest absolute Gasteiger partial charge is 0.414 e. The zero-order valence-electron chi connectivity index (χ0n) is 12.3. The number of imidazole rings is 1. The zero-order valence-corrected chi connectivity index (χ0v) is 12.3. The normalized spacial score (nSPS) is 11.4. The first-order valence-corrected chi connectivity index (χ1v) is 6.37. The van der Waals surface area contributed by atoms with Crippen LogP contribution >= 0.6 is 0 Å². The van der Waals surface area contributed by atoms with Crippen molar-refractivity contribution in [2.75, 3.05) is 5.32 Å². The molecule has 1 aromatic heterocycles. The molecule has 1 heterocycles. The molecule has 0 aliphatic rings. The van der Waals surface area contributed by atoms with Crippen molar-refractivity contribution in [2.45, 2.75) is 26.4 Å². The highest BCUT2D eigenvalue weighted by atomic mass is 16.6. The number of nitrogens with one attached hydrogen (secondary N) is 1. The summed E-state index contributed by atoms with van der Waals surface area (Å²) in [7, 11) is 1.69.